The maximum absolute atomic E-state index is 10.6. The number of aromatic nitrogens is 1. The normalized spacial score (nSPS) is 23.0. The van der Waals surface area contributed by atoms with Gasteiger partial charge in [-0.1, -0.05) is 23.2 Å². The van der Waals surface area contributed by atoms with E-state index >= 15 is 0 Å². The Morgan fingerprint density at radius 2 is 1.57 bits per heavy atom. The van der Waals surface area contributed by atoms with E-state index in [0.717, 1.165) is 41.3 Å². The van der Waals surface area contributed by atoms with Crippen LogP contribution in [0.3, 0.4) is 0 Å². The summed E-state index contributed by atoms with van der Waals surface area (Å²) in [7, 11) is 0. The first-order valence-corrected chi connectivity index (χ1v) is 9.24. The van der Waals surface area contributed by atoms with Gasteiger partial charge in [0.05, 0.1) is 12.1 Å². The molecule has 1 saturated heterocycles. The molecule has 2 heterocycles. The van der Waals surface area contributed by atoms with Crippen molar-refractivity contribution < 1.29 is 5.11 Å². The van der Waals surface area contributed by atoms with Crippen LogP contribution < -0.4 is 0 Å². The second-order valence-corrected chi connectivity index (χ2v) is 8.22. The van der Waals surface area contributed by atoms with Crippen LogP contribution in [0.4, 0.5) is 0 Å². The lowest BCUT2D eigenvalue weighted by Crippen LogP contribution is -2.39. The van der Waals surface area contributed by atoms with E-state index in [0.29, 0.717) is 10.0 Å². The second-order valence-electron chi connectivity index (χ2n) is 5.99. The quantitative estimate of drug-likeness (QED) is 0.406. The van der Waals surface area contributed by atoms with Gasteiger partial charge in [-0.25, -0.2) is 3.11 Å². The van der Waals surface area contributed by atoms with Crippen LogP contribution in [-0.2, 0) is 0 Å². The molecule has 3 aromatic rings. The Morgan fingerprint density at radius 1 is 1.00 bits per heavy atom. The highest BCUT2D eigenvalue weighted by Gasteiger charge is 2.30. The van der Waals surface area contributed by atoms with Crippen LogP contribution in [-0.4, -0.2) is 32.0 Å². The van der Waals surface area contributed by atoms with E-state index in [1.54, 1.807) is 0 Å². The van der Waals surface area contributed by atoms with Gasteiger partial charge in [-0.3, -0.25) is 0 Å². The number of rotatable bonds is 1. The average Bonchev–Trinajstić information content (AvgIpc) is 2.83. The lowest BCUT2D eigenvalue weighted by Gasteiger charge is -2.34. The third-order valence-electron chi connectivity index (χ3n) is 4.55. The molecule has 3 nitrogen and oxygen atoms in total. The van der Waals surface area contributed by atoms with E-state index in [1.807, 2.05) is 36.4 Å². The highest BCUT2D eigenvalue weighted by molar-refractivity contribution is 14.1. The summed E-state index contributed by atoms with van der Waals surface area (Å²) in [5, 5.41) is 14.1. The first-order valence-electron chi connectivity index (χ1n) is 7.52. The Hall–Kier alpha value is -0.530. The Morgan fingerprint density at radius 3 is 2.13 bits per heavy atom. The lowest BCUT2D eigenvalue weighted by atomic mass is 10.0. The highest BCUT2D eigenvalue weighted by atomic mass is 127. The Labute approximate surface area is 158 Å². The van der Waals surface area contributed by atoms with Crippen molar-refractivity contribution in [3.05, 3.63) is 46.4 Å². The van der Waals surface area contributed by atoms with Crippen LogP contribution in [0, 0.1) is 0 Å². The fraction of sp³-hybridized carbons (Fsp3) is 0.294. The van der Waals surface area contributed by atoms with E-state index < -0.39 is 0 Å². The fourth-order valence-electron chi connectivity index (χ4n) is 3.49. The summed E-state index contributed by atoms with van der Waals surface area (Å²) < 4.78 is 4.48. The van der Waals surface area contributed by atoms with Crippen molar-refractivity contribution in [2.75, 3.05) is 13.1 Å². The van der Waals surface area contributed by atoms with Crippen molar-refractivity contribution in [3.8, 4) is 0 Å². The minimum Gasteiger partial charge on any atom is -0.391 e. The zero-order chi connectivity index (χ0) is 16.1. The number of halogens is 3. The predicted molar refractivity (Wildman–Crippen MR) is 105 cm³/mol. The van der Waals surface area contributed by atoms with Crippen molar-refractivity contribution in [1.82, 2.24) is 7.68 Å². The van der Waals surface area contributed by atoms with Gasteiger partial charge < -0.3 is 9.67 Å². The number of hydrogen-bond acceptors (Lipinski definition) is 2. The number of fused-ring (bicyclic) bond motifs is 3. The van der Waals surface area contributed by atoms with Crippen LogP contribution in [0.15, 0.2) is 36.4 Å². The van der Waals surface area contributed by atoms with E-state index in [2.05, 4.69) is 30.5 Å². The molecular formula is C17H15Cl2IN2O. The maximum Gasteiger partial charge on any atom is 0.0772 e. The first kappa shape index (κ1) is 16.0. The monoisotopic (exact) mass is 460 g/mol. The molecule has 1 aromatic heterocycles. The van der Waals surface area contributed by atoms with Crippen LogP contribution >= 0.6 is 46.1 Å². The average molecular weight is 461 g/mol. The molecular weight excluding hydrogens is 446 g/mol. The third-order valence-corrected chi connectivity index (χ3v) is 5.90. The zero-order valence-electron chi connectivity index (χ0n) is 12.2. The zero-order valence-corrected chi connectivity index (χ0v) is 15.9. The molecule has 23 heavy (non-hydrogen) atoms. The summed E-state index contributed by atoms with van der Waals surface area (Å²) in [4.78, 5) is 0. The molecule has 0 amide bonds. The first-order chi connectivity index (χ1) is 11.0. The standard InChI is InChI=1S/C17H15Cl2IN2O/c18-10-1-3-14-12(7-10)13-8-11(19)2-4-15(13)22(14)16-9-21(20)6-5-17(16)23/h1-4,7-8,16-17,23H,5-6,9H2. The van der Waals surface area contributed by atoms with Gasteiger partial charge in [-0.05, 0) is 42.8 Å². The van der Waals surface area contributed by atoms with Crippen molar-refractivity contribution in [3.63, 3.8) is 0 Å². The Balaban J connectivity index is 2.03. The van der Waals surface area contributed by atoms with Gasteiger partial charge in [0.2, 0.25) is 0 Å². The number of aliphatic hydroxyl groups is 1. The van der Waals surface area contributed by atoms with Crippen LogP contribution in [0.25, 0.3) is 21.8 Å². The second kappa shape index (κ2) is 6.08. The van der Waals surface area contributed by atoms with Crippen molar-refractivity contribution in [1.29, 1.82) is 0 Å². The topological polar surface area (TPSA) is 28.4 Å². The van der Waals surface area contributed by atoms with Crippen molar-refractivity contribution in [2.45, 2.75) is 18.6 Å². The van der Waals surface area contributed by atoms with Crippen LogP contribution in [0.5, 0.6) is 0 Å². The lowest BCUT2D eigenvalue weighted by molar-refractivity contribution is 0.0707. The Kier molecular flexibility index (Phi) is 4.22. The van der Waals surface area contributed by atoms with E-state index in [1.165, 1.54) is 0 Å². The molecule has 6 heteroatoms. The molecule has 0 aliphatic carbocycles. The number of hydrogen-bond donors (Lipinski definition) is 1. The van der Waals surface area contributed by atoms with Crippen LogP contribution in [0.2, 0.25) is 10.0 Å². The van der Waals surface area contributed by atoms with Crippen molar-refractivity contribution in [2.24, 2.45) is 0 Å². The number of aliphatic hydroxyl groups excluding tert-OH is 1. The summed E-state index contributed by atoms with van der Waals surface area (Å²) in [5.74, 6) is 0. The molecule has 1 aliphatic heterocycles. The molecule has 1 N–H and O–H groups in total. The molecule has 0 radical (unpaired) electrons. The summed E-state index contributed by atoms with van der Waals surface area (Å²) in [6.07, 6.45) is 0.418. The Bertz CT molecular complexity index is 836. The molecule has 2 atom stereocenters. The largest absolute Gasteiger partial charge is 0.391 e. The molecule has 120 valence electrons. The number of piperidine rings is 1. The molecule has 2 unspecified atom stereocenters. The van der Waals surface area contributed by atoms with E-state index in [-0.39, 0.29) is 12.1 Å². The van der Waals surface area contributed by atoms with Gasteiger partial charge >= 0.3 is 0 Å². The minimum absolute atomic E-state index is 0.0167. The maximum atomic E-state index is 10.6. The minimum atomic E-state index is -0.355. The van der Waals surface area contributed by atoms with E-state index in [4.69, 9.17) is 23.2 Å². The SMILES string of the molecule is OC1CCN(I)CC1n1c2ccc(Cl)cc2c2cc(Cl)ccc21. The fourth-order valence-corrected chi connectivity index (χ4v) is 4.52. The smallest absolute Gasteiger partial charge is 0.0772 e. The molecule has 1 aliphatic rings. The molecule has 4 rings (SSSR count). The van der Waals surface area contributed by atoms with Gasteiger partial charge in [0, 0.05) is 67.8 Å². The molecule has 0 saturated carbocycles. The van der Waals surface area contributed by atoms with Gasteiger partial charge in [0.25, 0.3) is 0 Å². The number of benzene rings is 2. The molecule has 1 fully saturated rings. The van der Waals surface area contributed by atoms with E-state index in [9.17, 15) is 5.11 Å². The van der Waals surface area contributed by atoms with Crippen LogP contribution in [0.1, 0.15) is 12.5 Å². The summed E-state index contributed by atoms with van der Waals surface area (Å²) >= 11 is 14.7. The molecule has 2 aromatic carbocycles. The van der Waals surface area contributed by atoms with Gasteiger partial charge in [0.15, 0.2) is 0 Å². The summed E-state index contributed by atoms with van der Waals surface area (Å²) in [6, 6.07) is 11.8. The van der Waals surface area contributed by atoms with Gasteiger partial charge in [-0.2, -0.15) is 0 Å². The van der Waals surface area contributed by atoms with Crippen molar-refractivity contribution >= 4 is 67.9 Å². The molecule has 0 spiro atoms. The van der Waals surface area contributed by atoms with Gasteiger partial charge in [-0.15, -0.1) is 0 Å². The third kappa shape index (κ3) is 2.74. The number of nitrogens with zero attached hydrogens (tertiary/aromatic N) is 2. The predicted octanol–water partition coefficient (Wildman–Crippen LogP) is 5.06. The summed E-state index contributed by atoms with van der Waals surface area (Å²) in [5.41, 5.74) is 2.17. The van der Waals surface area contributed by atoms with Gasteiger partial charge in [0.1, 0.15) is 0 Å². The highest BCUT2D eigenvalue weighted by Crippen LogP contribution is 2.37. The summed E-state index contributed by atoms with van der Waals surface area (Å²) in [6.45, 7) is 1.72. The molecule has 0 bridgehead atoms.